The van der Waals surface area contributed by atoms with Crippen LogP contribution in [0.2, 0.25) is 0 Å². The fourth-order valence-corrected chi connectivity index (χ4v) is 3.69. The number of para-hydroxylation sites is 1. The lowest BCUT2D eigenvalue weighted by Gasteiger charge is -2.71. The summed E-state index contributed by atoms with van der Waals surface area (Å²) in [4.78, 5) is 0. The molecule has 4 rings (SSSR count). The predicted molar refractivity (Wildman–Crippen MR) is 64.6 cm³/mol. The summed E-state index contributed by atoms with van der Waals surface area (Å²) in [7, 11) is 0. The minimum Gasteiger partial charge on any atom is -0.494 e. The van der Waals surface area contributed by atoms with Gasteiger partial charge in [-0.2, -0.15) is 0 Å². The van der Waals surface area contributed by atoms with Gasteiger partial charge in [-0.05, 0) is 44.2 Å². The van der Waals surface area contributed by atoms with E-state index in [9.17, 15) is 0 Å². The fraction of sp³-hybridized carbons (Fsp3) is 0.571. The minimum absolute atomic E-state index is 0.408. The summed E-state index contributed by atoms with van der Waals surface area (Å²) in [5.41, 5.74) is 8.11. The SMILES string of the molecule is CCOc1ccccc1C12CC(CN)(C1)C2. The van der Waals surface area contributed by atoms with Gasteiger partial charge in [0, 0.05) is 11.0 Å². The Morgan fingerprint density at radius 1 is 1.25 bits per heavy atom. The second-order valence-corrected chi connectivity index (χ2v) is 5.44. The van der Waals surface area contributed by atoms with Crippen molar-refractivity contribution in [1.29, 1.82) is 0 Å². The van der Waals surface area contributed by atoms with Crippen LogP contribution in [0.1, 0.15) is 31.7 Å². The molecule has 0 heterocycles. The summed E-state index contributed by atoms with van der Waals surface area (Å²) >= 11 is 0. The van der Waals surface area contributed by atoms with Gasteiger partial charge in [-0.1, -0.05) is 18.2 Å². The van der Waals surface area contributed by atoms with Gasteiger partial charge in [0.1, 0.15) is 5.75 Å². The van der Waals surface area contributed by atoms with Crippen molar-refractivity contribution in [2.45, 2.75) is 31.6 Å². The molecule has 0 spiro atoms. The van der Waals surface area contributed by atoms with E-state index in [0.717, 1.165) is 18.9 Å². The van der Waals surface area contributed by atoms with Gasteiger partial charge in [0.15, 0.2) is 0 Å². The first-order chi connectivity index (χ1) is 7.74. The number of benzene rings is 1. The topological polar surface area (TPSA) is 35.2 Å². The molecule has 2 heteroatoms. The molecule has 0 radical (unpaired) electrons. The van der Waals surface area contributed by atoms with E-state index in [1.54, 1.807) is 0 Å². The van der Waals surface area contributed by atoms with Gasteiger partial charge >= 0.3 is 0 Å². The lowest BCUT2D eigenvalue weighted by Crippen LogP contribution is -2.67. The first-order valence-electron chi connectivity index (χ1n) is 6.16. The van der Waals surface area contributed by atoms with Crippen LogP contribution in [0, 0.1) is 5.41 Å². The quantitative estimate of drug-likeness (QED) is 0.841. The van der Waals surface area contributed by atoms with Gasteiger partial charge in [-0.25, -0.2) is 0 Å². The zero-order chi connectivity index (χ0) is 11.2. The Hall–Kier alpha value is -1.02. The maximum Gasteiger partial charge on any atom is 0.123 e. The Labute approximate surface area is 96.8 Å². The first-order valence-corrected chi connectivity index (χ1v) is 6.16. The van der Waals surface area contributed by atoms with Gasteiger partial charge in [0.05, 0.1) is 6.61 Å². The summed E-state index contributed by atoms with van der Waals surface area (Å²) in [6, 6.07) is 8.49. The minimum atomic E-state index is 0.408. The molecule has 0 aliphatic heterocycles. The first kappa shape index (κ1) is 10.2. The van der Waals surface area contributed by atoms with Gasteiger partial charge in [0.2, 0.25) is 0 Å². The molecule has 3 saturated carbocycles. The third-order valence-corrected chi connectivity index (χ3v) is 4.33. The third kappa shape index (κ3) is 1.17. The van der Waals surface area contributed by atoms with Crippen LogP contribution >= 0.6 is 0 Å². The van der Waals surface area contributed by atoms with E-state index in [1.807, 2.05) is 6.92 Å². The molecule has 0 amide bonds. The molecule has 2 bridgehead atoms. The normalized spacial score (nSPS) is 35.1. The monoisotopic (exact) mass is 217 g/mol. The summed E-state index contributed by atoms with van der Waals surface area (Å²) in [6.45, 7) is 3.64. The largest absolute Gasteiger partial charge is 0.494 e. The highest BCUT2D eigenvalue weighted by atomic mass is 16.5. The Balaban J connectivity index is 1.86. The second-order valence-electron chi connectivity index (χ2n) is 5.44. The lowest BCUT2D eigenvalue weighted by molar-refractivity contribution is -0.133. The molecular formula is C14H19NO. The molecule has 16 heavy (non-hydrogen) atoms. The molecule has 0 aromatic heterocycles. The van der Waals surface area contributed by atoms with Crippen molar-refractivity contribution < 1.29 is 4.74 Å². The van der Waals surface area contributed by atoms with Crippen LogP contribution in [-0.4, -0.2) is 13.2 Å². The van der Waals surface area contributed by atoms with Crippen molar-refractivity contribution in [3.63, 3.8) is 0 Å². The number of nitrogens with two attached hydrogens (primary N) is 1. The van der Waals surface area contributed by atoms with Crippen molar-refractivity contribution in [1.82, 2.24) is 0 Å². The van der Waals surface area contributed by atoms with Crippen LogP contribution in [0.25, 0.3) is 0 Å². The second kappa shape index (κ2) is 3.24. The van der Waals surface area contributed by atoms with Crippen LogP contribution in [0.4, 0.5) is 0 Å². The molecular weight excluding hydrogens is 198 g/mol. The van der Waals surface area contributed by atoms with E-state index < -0.39 is 0 Å². The Morgan fingerprint density at radius 3 is 2.56 bits per heavy atom. The van der Waals surface area contributed by atoms with Crippen LogP contribution in [0.5, 0.6) is 5.75 Å². The van der Waals surface area contributed by atoms with Crippen molar-refractivity contribution in [2.75, 3.05) is 13.2 Å². The maximum atomic E-state index is 5.81. The van der Waals surface area contributed by atoms with Crippen LogP contribution in [-0.2, 0) is 5.41 Å². The average molecular weight is 217 g/mol. The van der Waals surface area contributed by atoms with E-state index in [-0.39, 0.29) is 0 Å². The zero-order valence-electron chi connectivity index (χ0n) is 9.83. The highest BCUT2D eigenvalue weighted by molar-refractivity contribution is 5.47. The molecule has 2 nitrogen and oxygen atoms in total. The third-order valence-electron chi connectivity index (χ3n) is 4.33. The summed E-state index contributed by atoms with van der Waals surface area (Å²) < 4.78 is 5.72. The van der Waals surface area contributed by atoms with E-state index in [1.165, 1.54) is 24.8 Å². The molecule has 0 saturated heterocycles. The van der Waals surface area contributed by atoms with Gasteiger partial charge in [-0.3, -0.25) is 0 Å². The van der Waals surface area contributed by atoms with E-state index in [0.29, 0.717) is 10.8 Å². The fourth-order valence-electron chi connectivity index (χ4n) is 3.69. The maximum absolute atomic E-state index is 5.81. The van der Waals surface area contributed by atoms with Crippen molar-refractivity contribution in [3.8, 4) is 5.75 Å². The van der Waals surface area contributed by atoms with Crippen molar-refractivity contribution in [2.24, 2.45) is 11.1 Å². The van der Waals surface area contributed by atoms with Crippen molar-refractivity contribution >= 4 is 0 Å². The van der Waals surface area contributed by atoms with Crippen LogP contribution in [0.15, 0.2) is 24.3 Å². The van der Waals surface area contributed by atoms with Gasteiger partial charge in [-0.15, -0.1) is 0 Å². The molecule has 1 aromatic rings. The van der Waals surface area contributed by atoms with Crippen molar-refractivity contribution in [3.05, 3.63) is 29.8 Å². The lowest BCUT2D eigenvalue weighted by atomic mass is 9.33. The number of hydrogen-bond donors (Lipinski definition) is 1. The van der Waals surface area contributed by atoms with E-state index in [4.69, 9.17) is 10.5 Å². The molecule has 1 aromatic carbocycles. The standard InChI is InChI=1S/C14H19NO/c1-2-16-12-6-4-3-5-11(12)14-7-13(8-14,9-14)10-15/h3-6H,2,7-10,15H2,1H3. The zero-order valence-corrected chi connectivity index (χ0v) is 9.83. The Kier molecular flexibility index (Phi) is 2.05. The summed E-state index contributed by atoms with van der Waals surface area (Å²) in [5, 5.41) is 0. The number of ether oxygens (including phenoxy) is 1. The molecule has 0 atom stereocenters. The van der Waals surface area contributed by atoms with Crippen LogP contribution < -0.4 is 10.5 Å². The number of hydrogen-bond acceptors (Lipinski definition) is 2. The molecule has 0 unspecified atom stereocenters. The average Bonchev–Trinajstić information content (AvgIpc) is 2.18. The number of rotatable bonds is 4. The van der Waals surface area contributed by atoms with Gasteiger partial charge < -0.3 is 10.5 Å². The molecule has 3 aliphatic rings. The smallest absolute Gasteiger partial charge is 0.123 e. The highest BCUT2D eigenvalue weighted by Crippen LogP contribution is 2.74. The van der Waals surface area contributed by atoms with E-state index in [2.05, 4.69) is 24.3 Å². The molecule has 2 N–H and O–H groups in total. The Morgan fingerprint density at radius 2 is 1.94 bits per heavy atom. The van der Waals surface area contributed by atoms with E-state index >= 15 is 0 Å². The highest BCUT2D eigenvalue weighted by Gasteiger charge is 2.67. The molecule has 3 fully saturated rings. The molecule has 3 aliphatic carbocycles. The summed E-state index contributed by atoms with van der Waals surface area (Å²) in [5.74, 6) is 1.08. The Bertz CT molecular complexity index is 393. The van der Waals surface area contributed by atoms with Crippen LogP contribution in [0.3, 0.4) is 0 Å². The van der Waals surface area contributed by atoms with Gasteiger partial charge in [0.25, 0.3) is 0 Å². The summed E-state index contributed by atoms with van der Waals surface area (Å²) in [6.07, 6.45) is 3.79. The predicted octanol–water partition coefficient (Wildman–Crippen LogP) is 2.47. The molecule has 86 valence electrons.